The van der Waals surface area contributed by atoms with Crippen molar-refractivity contribution >= 4 is 27.5 Å². The Hall–Kier alpha value is -2.48. The fourth-order valence-corrected chi connectivity index (χ4v) is 4.48. The third-order valence-electron chi connectivity index (χ3n) is 5.17. The van der Waals surface area contributed by atoms with Crippen molar-refractivity contribution in [1.82, 2.24) is 24.6 Å². The SMILES string of the molecule is Cc1c(C(=O)N2[C@H](C)CCC[C@@H]2C)cnn1-c1nc2ccsc2c(=O)[nH]1. The summed E-state index contributed by atoms with van der Waals surface area (Å²) < 4.78 is 2.12. The first-order valence-corrected chi connectivity index (χ1v) is 9.70. The van der Waals surface area contributed by atoms with Crippen LogP contribution in [0.15, 0.2) is 22.4 Å². The van der Waals surface area contributed by atoms with E-state index in [9.17, 15) is 9.59 Å². The number of aromatic amines is 1. The molecule has 26 heavy (non-hydrogen) atoms. The number of fused-ring (bicyclic) bond motifs is 1. The van der Waals surface area contributed by atoms with Gasteiger partial charge in [-0.1, -0.05) is 0 Å². The highest BCUT2D eigenvalue weighted by molar-refractivity contribution is 7.17. The Morgan fingerprint density at radius 2 is 2.04 bits per heavy atom. The van der Waals surface area contributed by atoms with Crippen LogP contribution in [0.1, 0.15) is 49.2 Å². The van der Waals surface area contributed by atoms with Crippen molar-refractivity contribution in [2.75, 3.05) is 0 Å². The smallest absolute Gasteiger partial charge is 0.270 e. The topological polar surface area (TPSA) is 83.9 Å². The Labute approximate surface area is 154 Å². The molecule has 3 aromatic rings. The van der Waals surface area contributed by atoms with Crippen molar-refractivity contribution in [3.63, 3.8) is 0 Å². The third kappa shape index (κ3) is 2.65. The van der Waals surface area contributed by atoms with E-state index in [1.165, 1.54) is 16.0 Å². The highest BCUT2D eigenvalue weighted by Gasteiger charge is 2.31. The molecule has 0 aliphatic carbocycles. The average molecular weight is 371 g/mol. The molecule has 1 aliphatic heterocycles. The second-order valence-electron chi connectivity index (χ2n) is 6.92. The van der Waals surface area contributed by atoms with Crippen molar-refractivity contribution in [3.8, 4) is 5.95 Å². The first kappa shape index (κ1) is 17.0. The van der Waals surface area contributed by atoms with Gasteiger partial charge in [-0.25, -0.2) is 9.67 Å². The van der Waals surface area contributed by atoms with Crippen LogP contribution in [0.2, 0.25) is 0 Å². The van der Waals surface area contributed by atoms with Crippen LogP contribution in [0, 0.1) is 6.92 Å². The molecule has 4 rings (SSSR count). The van der Waals surface area contributed by atoms with Gasteiger partial charge in [0.25, 0.3) is 11.5 Å². The summed E-state index contributed by atoms with van der Waals surface area (Å²) >= 11 is 1.35. The van der Waals surface area contributed by atoms with Gasteiger partial charge in [0.15, 0.2) is 0 Å². The standard InChI is InChI=1S/C18H21N5O2S/c1-10-5-4-6-11(2)22(10)17(25)13-9-19-23(12(13)3)18-20-14-7-8-26-15(14)16(24)21-18/h7-11H,4-6H2,1-3H3,(H,20,21,24)/t10-,11+. The van der Waals surface area contributed by atoms with Crippen molar-refractivity contribution in [1.29, 1.82) is 0 Å². The summed E-state index contributed by atoms with van der Waals surface area (Å²) in [6.45, 7) is 6.02. The number of likely N-dealkylation sites (tertiary alicyclic amines) is 1. The Balaban J connectivity index is 1.73. The highest BCUT2D eigenvalue weighted by Crippen LogP contribution is 2.26. The van der Waals surface area contributed by atoms with Crippen LogP contribution >= 0.6 is 11.3 Å². The van der Waals surface area contributed by atoms with E-state index in [1.807, 2.05) is 17.2 Å². The van der Waals surface area contributed by atoms with E-state index >= 15 is 0 Å². The maximum Gasteiger partial charge on any atom is 0.270 e. The van der Waals surface area contributed by atoms with Crippen molar-refractivity contribution in [3.05, 3.63) is 39.3 Å². The number of nitrogens with one attached hydrogen (secondary N) is 1. The number of hydrogen-bond donors (Lipinski definition) is 1. The van der Waals surface area contributed by atoms with Gasteiger partial charge >= 0.3 is 0 Å². The lowest BCUT2D eigenvalue weighted by atomic mass is 9.96. The largest absolute Gasteiger partial charge is 0.333 e. The van der Waals surface area contributed by atoms with Crippen LogP contribution in [0.25, 0.3) is 16.2 Å². The number of thiophene rings is 1. The summed E-state index contributed by atoms with van der Waals surface area (Å²) in [5.41, 5.74) is 1.67. The Morgan fingerprint density at radius 3 is 2.77 bits per heavy atom. The zero-order chi connectivity index (χ0) is 18.4. The monoisotopic (exact) mass is 371 g/mol. The van der Waals surface area contributed by atoms with E-state index in [0.717, 1.165) is 19.3 Å². The zero-order valence-corrected chi connectivity index (χ0v) is 15.8. The number of carbonyl (C=O) groups excluding carboxylic acids is 1. The number of aromatic nitrogens is 4. The van der Waals surface area contributed by atoms with Crippen LogP contribution in [0.3, 0.4) is 0 Å². The number of nitrogens with zero attached hydrogens (tertiary/aromatic N) is 4. The lowest BCUT2D eigenvalue weighted by molar-refractivity contribution is 0.0510. The van der Waals surface area contributed by atoms with Crippen molar-refractivity contribution in [2.24, 2.45) is 0 Å². The van der Waals surface area contributed by atoms with Crippen LogP contribution in [-0.4, -0.2) is 42.6 Å². The molecule has 1 saturated heterocycles. The van der Waals surface area contributed by atoms with Crippen LogP contribution in [-0.2, 0) is 0 Å². The van der Waals surface area contributed by atoms with E-state index in [1.54, 1.807) is 12.3 Å². The average Bonchev–Trinajstić information content (AvgIpc) is 3.21. The minimum absolute atomic E-state index is 0.00703. The third-order valence-corrected chi connectivity index (χ3v) is 6.07. The van der Waals surface area contributed by atoms with E-state index < -0.39 is 0 Å². The zero-order valence-electron chi connectivity index (χ0n) is 15.0. The lowest BCUT2D eigenvalue weighted by Gasteiger charge is -2.39. The maximum atomic E-state index is 13.1. The summed E-state index contributed by atoms with van der Waals surface area (Å²) in [7, 11) is 0. The molecule has 136 valence electrons. The molecule has 8 heteroatoms. The molecule has 0 radical (unpaired) electrons. The fourth-order valence-electron chi connectivity index (χ4n) is 3.75. The first-order chi connectivity index (χ1) is 12.5. The summed E-state index contributed by atoms with van der Waals surface area (Å²) in [6, 6.07) is 2.24. The molecule has 7 nitrogen and oxygen atoms in total. The molecule has 1 N–H and O–H groups in total. The van der Waals surface area contributed by atoms with Crippen molar-refractivity contribution in [2.45, 2.75) is 52.1 Å². The number of amides is 1. The van der Waals surface area contributed by atoms with E-state index in [0.29, 0.717) is 27.4 Å². The van der Waals surface area contributed by atoms with Crippen LogP contribution < -0.4 is 5.56 Å². The molecule has 0 bridgehead atoms. The minimum atomic E-state index is -0.193. The Bertz CT molecular complexity index is 1020. The maximum absolute atomic E-state index is 13.1. The Kier molecular flexibility index (Phi) is 4.14. The highest BCUT2D eigenvalue weighted by atomic mass is 32.1. The number of carbonyl (C=O) groups is 1. The normalized spacial score (nSPS) is 20.7. The Morgan fingerprint density at radius 1 is 1.31 bits per heavy atom. The van der Waals surface area contributed by atoms with Gasteiger partial charge in [0.05, 0.1) is 23.0 Å². The van der Waals surface area contributed by atoms with Gasteiger partial charge in [0, 0.05) is 12.1 Å². The number of hydrogen-bond acceptors (Lipinski definition) is 5. The number of H-pyrrole nitrogens is 1. The molecular weight excluding hydrogens is 350 g/mol. The molecule has 0 unspecified atom stereocenters. The minimum Gasteiger partial charge on any atom is -0.333 e. The van der Waals surface area contributed by atoms with Gasteiger partial charge in [-0.2, -0.15) is 5.10 Å². The molecular formula is C18H21N5O2S. The summed E-state index contributed by atoms with van der Waals surface area (Å²) in [6.07, 6.45) is 4.76. The molecule has 0 saturated carbocycles. The van der Waals surface area contributed by atoms with Gasteiger partial charge < -0.3 is 4.90 Å². The molecule has 0 aromatic carbocycles. The van der Waals surface area contributed by atoms with Crippen LogP contribution in [0.5, 0.6) is 0 Å². The quantitative estimate of drug-likeness (QED) is 0.751. The van der Waals surface area contributed by atoms with E-state index in [4.69, 9.17) is 0 Å². The molecule has 1 amide bonds. The number of piperidine rings is 1. The molecule has 3 aromatic heterocycles. The van der Waals surface area contributed by atoms with Gasteiger partial charge in [-0.05, 0) is 51.5 Å². The van der Waals surface area contributed by atoms with E-state index in [2.05, 4.69) is 28.9 Å². The second-order valence-corrected chi connectivity index (χ2v) is 7.84. The molecule has 1 aliphatic rings. The molecule has 0 spiro atoms. The lowest BCUT2D eigenvalue weighted by Crippen LogP contribution is -2.47. The van der Waals surface area contributed by atoms with Gasteiger partial charge in [0.2, 0.25) is 5.95 Å². The molecule has 2 atom stereocenters. The predicted octanol–water partition coefficient (Wildman–Crippen LogP) is 2.88. The summed E-state index contributed by atoms with van der Waals surface area (Å²) in [5, 5.41) is 6.16. The van der Waals surface area contributed by atoms with Crippen LogP contribution in [0.4, 0.5) is 0 Å². The van der Waals surface area contributed by atoms with Gasteiger partial charge in [-0.3, -0.25) is 14.6 Å². The van der Waals surface area contributed by atoms with Gasteiger partial charge in [-0.15, -0.1) is 11.3 Å². The molecule has 4 heterocycles. The second kappa shape index (κ2) is 6.35. The first-order valence-electron chi connectivity index (χ1n) is 8.82. The summed E-state index contributed by atoms with van der Waals surface area (Å²) in [5.74, 6) is 0.324. The summed E-state index contributed by atoms with van der Waals surface area (Å²) in [4.78, 5) is 34.5. The number of rotatable bonds is 2. The molecule has 1 fully saturated rings. The predicted molar refractivity (Wildman–Crippen MR) is 101 cm³/mol. The van der Waals surface area contributed by atoms with Crippen molar-refractivity contribution < 1.29 is 4.79 Å². The van der Waals surface area contributed by atoms with E-state index in [-0.39, 0.29) is 23.6 Å². The van der Waals surface area contributed by atoms with Gasteiger partial charge in [0.1, 0.15) is 4.70 Å². The fraction of sp³-hybridized carbons (Fsp3) is 0.444.